The smallest absolute Gasteiger partial charge is 0.0521 e. The lowest BCUT2D eigenvalue weighted by Crippen LogP contribution is -2.21. The van der Waals surface area contributed by atoms with Crippen molar-refractivity contribution in [3.8, 4) is 10.4 Å². The molecular weight excluding hydrogens is 262 g/mol. The molecule has 3 heteroatoms. The second-order valence-corrected chi connectivity index (χ2v) is 6.28. The topological polar surface area (TPSA) is 12.0 Å². The Bertz CT molecular complexity index is 531. The molecule has 1 aromatic heterocycles. The van der Waals surface area contributed by atoms with Gasteiger partial charge in [0.05, 0.1) is 5.02 Å². The molecule has 1 aromatic carbocycles. The van der Waals surface area contributed by atoms with E-state index in [2.05, 4.69) is 43.4 Å². The SMILES string of the molecule is Cc1cccc(-c2ccc(CNC(C)C)s2)c1Cl. The van der Waals surface area contributed by atoms with Gasteiger partial charge in [-0.15, -0.1) is 11.3 Å². The molecule has 0 fully saturated rings. The highest BCUT2D eigenvalue weighted by Gasteiger charge is 2.08. The second-order valence-electron chi connectivity index (χ2n) is 4.74. The quantitative estimate of drug-likeness (QED) is 0.841. The molecule has 0 aliphatic rings. The van der Waals surface area contributed by atoms with E-state index < -0.39 is 0 Å². The first kappa shape index (κ1) is 13.6. The summed E-state index contributed by atoms with van der Waals surface area (Å²) in [6, 6.07) is 11.0. The van der Waals surface area contributed by atoms with Crippen LogP contribution in [0.3, 0.4) is 0 Å². The van der Waals surface area contributed by atoms with E-state index in [1.54, 1.807) is 11.3 Å². The van der Waals surface area contributed by atoms with Gasteiger partial charge in [0.25, 0.3) is 0 Å². The summed E-state index contributed by atoms with van der Waals surface area (Å²) in [5.74, 6) is 0. The van der Waals surface area contributed by atoms with Crippen molar-refractivity contribution in [2.45, 2.75) is 33.4 Å². The molecule has 96 valence electrons. The van der Waals surface area contributed by atoms with Crippen molar-refractivity contribution in [1.29, 1.82) is 0 Å². The fourth-order valence-electron chi connectivity index (χ4n) is 1.76. The predicted octanol–water partition coefficient (Wildman–Crippen LogP) is 4.87. The molecule has 0 amide bonds. The number of hydrogen-bond acceptors (Lipinski definition) is 2. The summed E-state index contributed by atoms with van der Waals surface area (Å²) in [6.45, 7) is 7.28. The van der Waals surface area contributed by atoms with Crippen LogP contribution in [0.1, 0.15) is 24.3 Å². The summed E-state index contributed by atoms with van der Waals surface area (Å²) < 4.78 is 0. The van der Waals surface area contributed by atoms with E-state index in [1.165, 1.54) is 9.75 Å². The molecule has 1 N–H and O–H groups in total. The summed E-state index contributed by atoms with van der Waals surface area (Å²) >= 11 is 8.16. The minimum absolute atomic E-state index is 0.512. The van der Waals surface area contributed by atoms with Crippen molar-refractivity contribution >= 4 is 22.9 Å². The molecular formula is C15H18ClNS. The van der Waals surface area contributed by atoms with Crippen molar-refractivity contribution in [1.82, 2.24) is 5.32 Å². The molecule has 0 atom stereocenters. The van der Waals surface area contributed by atoms with Crippen LogP contribution in [0, 0.1) is 6.92 Å². The maximum atomic E-state index is 6.36. The molecule has 0 bridgehead atoms. The molecule has 0 radical (unpaired) electrons. The largest absolute Gasteiger partial charge is 0.310 e. The van der Waals surface area contributed by atoms with Gasteiger partial charge in [0, 0.05) is 27.9 Å². The van der Waals surface area contributed by atoms with E-state index in [9.17, 15) is 0 Å². The zero-order valence-corrected chi connectivity index (χ0v) is 12.5. The molecule has 0 aliphatic carbocycles. The van der Waals surface area contributed by atoms with E-state index in [0.717, 1.165) is 22.7 Å². The molecule has 2 aromatic rings. The third-order valence-corrected chi connectivity index (χ3v) is 4.42. The van der Waals surface area contributed by atoms with E-state index in [1.807, 2.05) is 13.0 Å². The third-order valence-electron chi connectivity index (χ3n) is 2.80. The molecule has 18 heavy (non-hydrogen) atoms. The maximum absolute atomic E-state index is 6.36. The van der Waals surface area contributed by atoms with E-state index >= 15 is 0 Å². The Kier molecular flexibility index (Phi) is 4.44. The molecule has 1 nitrogen and oxygen atoms in total. The Balaban J connectivity index is 2.21. The first-order valence-electron chi connectivity index (χ1n) is 6.15. The highest BCUT2D eigenvalue weighted by molar-refractivity contribution is 7.15. The van der Waals surface area contributed by atoms with Crippen molar-refractivity contribution in [3.05, 3.63) is 45.8 Å². The number of nitrogens with one attached hydrogen (secondary N) is 1. The summed E-state index contributed by atoms with van der Waals surface area (Å²) in [5.41, 5.74) is 2.27. The number of rotatable bonds is 4. The van der Waals surface area contributed by atoms with E-state index in [4.69, 9.17) is 11.6 Å². The molecule has 0 saturated heterocycles. The lowest BCUT2D eigenvalue weighted by atomic mass is 10.1. The standard InChI is InChI=1S/C15H18ClNS/c1-10(2)17-9-12-7-8-14(18-12)13-6-4-5-11(3)15(13)16/h4-8,10,17H,9H2,1-3H3. The van der Waals surface area contributed by atoms with Gasteiger partial charge in [0.15, 0.2) is 0 Å². The minimum Gasteiger partial charge on any atom is -0.310 e. The summed E-state index contributed by atoms with van der Waals surface area (Å²) in [7, 11) is 0. The van der Waals surface area contributed by atoms with E-state index in [0.29, 0.717) is 6.04 Å². The molecule has 0 saturated carbocycles. The van der Waals surface area contributed by atoms with Crippen molar-refractivity contribution in [2.24, 2.45) is 0 Å². The van der Waals surface area contributed by atoms with Crippen LogP contribution in [0.4, 0.5) is 0 Å². The van der Waals surface area contributed by atoms with Crippen LogP contribution in [0.25, 0.3) is 10.4 Å². The van der Waals surface area contributed by atoms with Gasteiger partial charge < -0.3 is 5.32 Å². The van der Waals surface area contributed by atoms with Crippen molar-refractivity contribution in [2.75, 3.05) is 0 Å². The fourth-order valence-corrected chi connectivity index (χ4v) is 3.03. The number of aryl methyl sites for hydroxylation is 1. The van der Waals surface area contributed by atoms with Crippen molar-refractivity contribution < 1.29 is 0 Å². The normalized spacial score (nSPS) is 11.2. The highest BCUT2D eigenvalue weighted by atomic mass is 35.5. The third kappa shape index (κ3) is 3.14. The summed E-state index contributed by atoms with van der Waals surface area (Å²) in [4.78, 5) is 2.58. The van der Waals surface area contributed by atoms with Crippen molar-refractivity contribution in [3.63, 3.8) is 0 Å². The van der Waals surface area contributed by atoms with Gasteiger partial charge in [0.1, 0.15) is 0 Å². The van der Waals surface area contributed by atoms with Crippen LogP contribution >= 0.6 is 22.9 Å². The molecule has 0 unspecified atom stereocenters. The van der Waals surface area contributed by atoms with Gasteiger partial charge in [0.2, 0.25) is 0 Å². The Morgan fingerprint density at radius 3 is 2.72 bits per heavy atom. The van der Waals surface area contributed by atoms with E-state index in [-0.39, 0.29) is 0 Å². The summed E-state index contributed by atoms with van der Waals surface area (Å²) in [6.07, 6.45) is 0. The molecule has 0 spiro atoms. The average Bonchev–Trinajstić information content (AvgIpc) is 2.78. The van der Waals surface area contributed by atoms with Gasteiger partial charge in [-0.05, 0) is 24.6 Å². The Hall–Kier alpha value is -0.830. The van der Waals surface area contributed by atoms with Crippen LogP contribution in [0.5, 0.6) is 0 Å². The number of benzene rings is 1. The first-order valence-corrected chi connectivity index (χ1v) is 7.35. The molecule has 0 aliphatic heterocycles. The Morgan fingerprint density at radius 1 is 1.22 bits per heavy atom. The zero-order chi connectivity index (χ0) is 13.1. The monoisotopic (exact) mass is 279 g/mol. The van der Waals surface area contributed by atoms with Gasteiger partial charge in [-0.3, -0.25) is 0 Å². The number of hydrogen-bond donors (Lipinski definition) is 1. The van der Waals surface area contributed by atoms with Crippen LogP contribution in [0.15, 0.2) is 30.3 Å². The Morgan fingerprint density at radius 2 is 2.00 bits per heavy atom. The molecule has 1 heterocycles. The van der Waals surface area contributed by atoms with Crippen LogP contribution in [-0.4, -0.2) is 6.04 Å². The Labute approximate surface area is 118 Å². The van der Waals surface area contributed by atoms with Crippen LogP contribution in [-0.2, 0) is 6.54 Å². The lowest BCUT2D eigenvalue weighted by molar-refractivity contribution is 0.593. The minimum atomic E-state index is 0.512. The zero-order valence-electron chi connectivity index (χ0n) is 11.0. The van der Waals surface area contributed by atoms with Gasteiger partial charge in [-0.2, -0.15) is 0 Å². The first-order chi connectivity index (χ1) is 8.58. The highest BCUT2D eigenvalue weighted by Crippen LogP contribution is 2.34. The van der Waals surface area contributed by atoms with Gasteiger partial charge in [-0.25, -0.2) is 0 Å². The average molecular weight is 280 g/mol. The number of thiophene rings is 1. The lowest BCUT2D eigenvalue weighted by Gasteiger charge is -2.06. The molecule has 2 rings (SSSR count). The predicted molar refractivity (Wildman–Crippen MR) is 81.5 cm³/mol. The van der Waals surface area contributed by atoms with Gasteiger partial charge >= 0.3 is 0 Å². The second kappa shape index (κ2) is 5.87. The maximum Gasteiger partial charge on any atom is 0.0521 e. The number of halogens is 1. The fraction of sp³-hybridized carbons (Fsp3) is 0.333. The van der Waals surface area contributed by atoms with Crippen LogP contribution in [0.2, 0.25) is 5.02 Å². The van der Waals surface area contributed by atoms with Gasteiger partial charge in [-0.1, -0.05) is 43.6 Å². The summed E-state index contributed by atoms with van der Waals surface area (Å²) in [5, 5.41) is 4.29. The van der Waals surface area contributed by atoms with Crippen LogP contribution < -0.4 is 5.32 Å².